The molecule has 0 saturated heterocycles. The zero-order valence-electron chi connectivity index (χ0n) is 9.63. The minimum Gasteiger partial charge on any atom is -0.472 e. The van der Waals surface area contributed by atoms with E-state index >= 15 is 0 Å². The van der Waals surface area contributed by atoms with Gasteiger partial charge in [-0.3, -0.25) is 4.90 Å². The molecule has 0 aromatic rings. The fourth-order valence-corrected chi connectivity index (χ4v) is 0.273. The van der Waals surface area contributed by atoms with E-state index in [4.69, 9.17) is 5.11 Å². The summed E-state index contributed by atoms with van der Waals surface area (Å²) in [7, 11) is 3.66. The quantitative estimate of drug-likeness (QED) is 0.320. The van der Waals surface area contributed by atoms with Crippen LogP contribution in [0.3, 0.4) is 0 Å². The molecule has 0 heterocycles. The van der Waals surface area contributed by atoms with Crippen LogP contribution in [0.15, 0.2) is 0 Å². The van der Waals surface area contributed by atoms with Gasteiger partial charge in [0.1, 0.15) is 0 Å². The summed E-state index contributed by atoms with van der Waals surface area (Å²) in [5.74, 6) is 3.39. The maximum atomic E-state index is 9.79. The second-order valence-corrected chi connectivity index (χ2v) is 2.70. The van der Waals surface area contributed by atoms with Gasteiger partial charge in [-0.05, 0) is 14.1 Å². The van der Waals surface area contributed by atoms with Gasteiger partial charge in [-0.2, -0.15) is 6.42 Å². The van der Waals surface area contributed by atoms with Crippen molar-refractivity contribution in [2.24, 2.45) is 0 Å². The first kappa shape index (κ1) is 19.2. The molecule has 4 heteroatoms. The normalized spacial score (nSPS) is 7.50. The van der Waals surface area contributed by atoms with Crippen molar-refractivity contribution in [3.8, 4) is 11.8 Å². The summed E-state index contributed by atoms with van der Waals surface area (Å²) in [6.07, 6.45) is 2.28. The number of hydrogen-bond donors (Lipinski definition) is 1. The van der Waals surface area contributed by atoms with Crippen molar-refractivity contribution in [1.29, 1.82) is 0 Å². The van der Waals surface area contributed by atoms with E-state index in [-0.39, 0.29) is 18.9 Å². The van der Waals surface area contributed by atoms with Gasteiger partial charge in [-0.25, -0.2) is 4.79 Å². The molecule has 3 nitrogen and oxygen atoms in total. The van der Waals surface area contributed by atoms with Gasteiger partial charge in [0.15, 0.2) is 0 Å². The fourth-order valence-electron chi connectivity index (χ4n) is 0.273. The number of hydrogen-bond acceptors (Lipinski definition) is 2. The van der Waals surface area contributed by atoms with E-state index in [1.54, 1.807) is 4.90 Å². The smallest absolute Gasteiger partial charge is 0.472 e. The van der Waals surface area contributed by atoms with E-state index in [1.165, 1.54) is 6.42 Å². The first-order valence-corrected chi connectivity index (χ1v) is 4.20. The number of unbranched alkanes of at least 4 members (excludes halogenated alkanes) is 1. The predicted octanol–water partition coefficient (Wildman–Crippen LogP) is -1.74. The molecule has 0 saturated carbocycles. The SMILES string of the molecule is CN(C)CC#CC(=O)O.[CH2-]CCC.[Li+]. The first-order chi connectivity index (χ1) is 6.04. The second kappa shape index (κ2) is 15.1. The molecule has 0 aromatic carbocycles. The largest absolute Gasteiger partial charge is 1.00 e. The molecule has 0 amide bonds. The summed E-state index contributed by atoms with van der Waals surface area (Å²) in [6, 6.07) is 0. The molecule has 0 aliphatic rings. The Hall–Kier alpha value is -0.413. The minimum absolute atomic E-state index is 0. The van der Waals surface area contributed by atoms with Gasteiger partial charge in [0.25, 0.3) is 0 Å². The van der Waals surface area contributed by atoms with Crippen LogP contribution in [0.1, 0.15) is 19.8 Å². The monoisotopic (exact) mass is 191 g/mol. The van der Waals surface area contributed by atoms with Crippen LogP contribution in [0.25, 0.3) is 0 Å². The third kappa shape index (κ3) is 29.9. The third-order valence-electron chi connectivity index (χ3n) is 0.944. The molecule has 0 aromatic heterocycles. The average molecular weight is 191 g/mol. The van der Waals surface area contributed by atoms with Gasteiger partial charge in [0, 0.05) is 5.92 Å². The molecule has 0 fully saturated rings. The average Bonchev–Trinajstić information content (AvgIpc) is 2.03. The van der Waals surface area contributed by atoms with Gasteiger partial charge in [-0.15, -0.1) is 0 Å². The van der Waals surface area contributed by atoms with Gasteiger partial charge < -0.3 is 12.0 Å². The molecule has 0 atom stereocenters. The van der Waals surface area contributed by atoms with Crippen LogP contribution in [0.4, 0.5) is 0 Å². The van der Waals surface area contributed by atoms with Gasteiger partial charge >= 0.3 is 24.8 Å². The molecular weight excluding hydrogens is 173 g/mol. The summed E-state index contributed by atoms with van der Waals surface area (Å²) in [6.45, 7) is 6.21. The van der Waals surface area contributed by atoms with E-state index < -0.39 is 5.97 Å². The number of aliphatic carboxylic acids is 1. The molecule has 1 N–H and O–H groups in total. The fraction of sp³-hybridized carbons (Fsp3) is 0.600. The summed E-state index contributed by atoms with van der Waals surface area (Å²) in [5, 5.41) is 8.03. The Morgan fingerprint density at radius 3 is 2.14 bits per heavy atom. The molecule has 0 rings (SSSR count). The Labute approximate surface area is 99.0 Å². The maximum absolute atomic E-state index is 9.79. The number of carboxylic acid groups (broad SMARTS) is 1. The summed E-state index contributed by atoms with van der Waals surface area (Å²) < 4.78 is 0. The van der Waals surface area contributed by atoms with Crippen molar-refractivity contribution in [3.05, 3.63) is 6.92 Å². The van der Waals surface area contributed by atoms with Crippen LogP contribution in [0.2, 0.25) is 0 Å². The van der Waals surface area contributed by atoms with Crippen molar-refractivity contribution in [2.75, 3.05) is 20.6 Å². The summed E-state index contributed by atoms with van der Waals surface area (Å²) in [5.41, 5.74) is 0. The van der Waals surface area contributed by atoms with Crippen molar-refractivity contribution in [3.63, 3.8) is 0 Å². The number of nitrogens with zero attached hydrogens (tertiary/aromatic N) is 1. The van der Waals surface area contributed by atoms with Gasteiger partial charge in [0.2, 0.25) is 0 Å². The molecule has 76 valence electrons. The molecule has 14 heavy (non-hydrogen) atoms. The van der Waals surface area contributed by atoms with Crippen molar-refractivity contribution in [2.45, 2.75) is 19.8 Å². The Bertz CT molecular complexity index is 180. The topological polar surface area (TPSA) is 40.5 Å². The molecule has 0 radical (unpaired) electrons. The van der Waals surface area contributed by atoms with Crippen LogP contribution in [-0.2, 0) is 4.79 Å². The Balaban J connectivity index is -0.000000209. The number of carbonyl (C=O) groups is 1. The van der Waals surface area contributed by atoms with Crippen LogP contribution < -0.4 is 18.9 Å². The molecule has 0 unspecified atom stereocenters. The van der Waals surface area contributed by atoms with E-state index in [2.05, 4.69) is 19.8 Å². The van der Waals surface area contributed by atoms with Crippen molar-refractivity contribution >= 4 is 5.97 Å². The van der Waals surface area contributed by atoms with Crippen LogP contribution in [0.5, 0.6) is 0 Å². The maximum Gasteiger partial charge on any atom is 1.00 e. The standard InChI is InChI=1S/C6H9NO2.C4H9.Li/c1-7(2)5-3-4-6(8)9;1-3-4-2;/h5H2,1-2H3,(H,8,9);1,3-4H2,2H3;/q;-1;+1. The van der Waals surface area contributed by atoms with Crippen LogP contribution in [0, 0.1) is 18.8 Å². The first-order valence-electron chi connectivity index (χ1n) is 4.20. The minimum atomic E-state index is -1.07. The zero-order chi connectivity index (χ0) is 10.7. The van der Waals surface area contributed by atoms with E-state index in [0.717, 1.165) is 6.42 Å². The van der Waals surface area contributed by atoms with Gasteiger partial charge in [-0.1, -0.05) is 19.3 Å². The molecule has 0 aliphatic heterocycles. The Kier molecular flexibility index (Phi) is 20.7. The summed E-state index contributed by atoms with van der Waals surface area (Å²) >= 11 is 0. The van der Waals surface area contributed by atoms with E-state index in [0.29, 0.717) is 6.54 Å². The second-order valence-electron chi connectivity index (χ2n) is 2.70. The Morgan fingerprint density at radius 2 is 1.93 bits per heavy atom. The molecule has 0 spiro atoms. The zero-order valence-corrected chi connectivity index (χ0v) is 9.63. The van der Waals surface area contributed by atoms with Crippen molar-refractivity contribution < 1.29 is 28.8 Å². The predicted molar refractivity (Wildman–Crippen MR) is 54.2 cm³/mol. The van der Waals surface area contributed by atoms with E-state index in [1.807, 2.05) is 20.0 Å². The van der Waals surface area contributed by atoms with Crippen molar-refractivity contribution in [1.82, 2.24) is 4.90 Å². The third-order valence-corrected chi connectivity index (χ3v) is 0.944. The summed E-state index contributed by atoms with van der Waals surface area (Å²) in [4.78, 5) is 11.6. The van der Waals surface area contributed by atoms with Gasteiger partial charge in [0.05, 0.1) is 6.54 Å². The number of rotatable bonds is 2. The van der Waals surface area contributed by atoms with Crippen LogP contribution in [-0.4, -0.2) is 36.6 Å². The molecular formula is C10H18LiNO2. The Morgan fingerprint density at radius 1 is 1.50 bits per heavy atom. The molecule has 0 aliphatic carbocycles. The number of carboxylic acids is 1. The van der Waals surface area contributed by atoms with E-state index in [9.17, 15) is 4.79 Å². The molecule has 0 bridgehead atoms. The van der Waals surface area contributed by atoms with Crippen LogP contribution >= 0.6 is 0 Å².